The maximum atomic E-state index is 12.3. The lowest BCUT2D eigenvalue weighted by Crippen LogP contribution is -2.44. The number of carbonyl (C=O) groups is 1. The third kappa shape index (κ3) is 4.22. The molecule has 1 unspecified atom stereocenters. The Bertz CT molecular complexity index is 452. The van der Waals surface area contributed by atoms with Crippen molar-refractivity contribution in [3.8, 4) is 0 Å². The first-order valence-electron chi connectivity index (χ1n) is 6.44. The van der Waals surface area contributed by atoms with Gasteiger partial charge in [-0.2, -0.15) is 0 Å². The molecule has 1 aromatic carbocycles. The minimum absolute atomic E-state index is 0.0454. The molecule has 4 heteroatoms. The highest BCUT2D eigenvalue weighted by atomic mass is 35.5. The topological polar surface area (TPSA) is 49.3 Å². The van der Waals surface area contributed by atoms with Crippen LogP contribution in [0.3, 0.4) is 0 Å². The molecule has 3 nitrogen and oxygen atoms in total. The summed E-state index contributed by atoms with van der Waals surface area (Å²) in [5, 5.41) is 12.5. The molecule has 1 aromatic rings. The highest BCUT2D eigenvalue weighted by molar-refractivity contribution is 6.34. The average Bonchev–Trinajstić information content (AvgIpc) is 2.30. The molecular formula is C15H22ClNO2. The second kappa shape index (κ2) is 6.40. The van der Waals surface area contributed by atoms with Gasteiger partial charge in [0.15, 0.2) is 0 Å². The summed E-state index contributed by atoms with van der Waals surface area (Å²) in [6.45, 7) is 8.01. The Balaban J connectivity index is 2.91. The van der Waals surface area contributed by atoms with Crippen molar-refractivity contribution in [2.75, 3.05) is 6.61 Å². The van der Waals surface area contributed by atoms with Crippen molar-refractivity contribution in [1.82, 2.24) is 5.32 Å². The quantitative estimate of drug-likeness (QED) is 0.892. The van der Waals surface area contributed by atoms with Gasteiger partial charge in [-0.3, -0.25) is 4.79 Å². The number of aliphatic hydroxyl groups excluding tert-OH is 1. The maximum Gasteiger partial charge on any atom is 0.253 e. The lowest BCUT2D eigenvalue weighted by atomic mass is 9.84. The summed E-state index contributed by atoms with van der Waals surface area (Å²) in [4.78, 5) is 12.3. The molecule has 0 fully saturated rings. The molecular weight excluding hydrogens is 262 g/mol. The minimum atomic E-state index is -0.193. The molecule has 2 N–H and O–H groups in total. The lowest BCUT2D eigenvalue weighted by molar-refractivity contribution is 0.0885. The largest absolute Gasteiger partial charge is 0.396 e. The third-order valence-corrected chi connectivity index (χ3v) is 3.71. The van der Waals surface area contributed by atoms with Crippen molar-refractivity contribution in [1.29, 1.82) is 0 Å². The van der Waals surface area contributed by atoms with Crippen LogP contribution in [0.15, 0.2) is 18.2 Å². The molecule has 19 heavy (non-hydrogen) atoms. The molecule has 0 saturated carbocycles. The number of amides is 1. The number of hydrogen-bond donors (Lipinski definition) is 2. The van der Waals surface area contributed by atoms with E-state index in [0.717, 1.165) is 5.56 Å². The fraction of sp³-hybridized carbons (Fsp3) is 0.533. The molecule has 106 valence electrons. The highest BCUT2D eigenvalue weighted by Gasteiger charge is 2.26. The Kier molecular flexibility index (Phi) is 5.39. The van der Waals surface area contributed by atoms with Crippen LogP contribution in [-0.2, 0) is 0 Å². The summed E-state index contributed by atoms with van der Waals surface area (Å²) in [6.07, 6.45) is 0.526. The van der Waals surface area contributed by atoms with Gasteiger partial charge < -0.3 is 10.4 Å². The Morgan fingerprint density at radius 1 is 1.42 bits per heavy atom. The minimum Gasteiger partial charge on any atom is -0.396 e. The zero-order chi connectivity index (χ0) is 14.6. The van der Waals surface area contributed by atoms with E-state index >= 15 is 0 Å². The van der Waals surface area contributed by atoms with Crippen molar-refractivity contribution in [2.45, 2.75) is 40.2 Å². The van der Waals surface area contributed by atoms with Gasteiger partial charge in [-0.15, -0.1) is 0 Å². The normalized spacial score (nSPS) is 13.2. The molecule has 1 atom stereocenters. The fourth-order valence-electron chi connectivity index (χ4n) is 1.91. The van der Waals surface area contributed by atoms with Gasteiger partial charge in [-0.05, 0) is 30.4 Å². The number of hydrogen-bond acceptors (Lipinski definition) is 2. The molecule has 0 aliphatic carbocycles. The van der Waals surface area contributed by atoms with Crippen molar-refractivity contribution in [3.05, 3.63) is 34.3 Å². The number of aryl methyl sites for hydroxylation is 1. The Morgan fingerprint density at radius 3 is 2.58 bits per heavy atom. The molecule has 0 radical (unpaired) electrons. The Labute approximate surface area is 120 Å². The summed E-state index contributed by atoms with van der Waals surface area (Å²) in [5.41, 5.74) is 1.24. The van der Waals surface area contributed by atoms with Gasteiger partial charge >= 0.3 is 0 Å². The van der Waals surface area contributed by atoms with E-state index in [1.165, 1.54) is 0 Å². The monoisotopic (exact) mass is 283 g/mol. The van der Waals surface area contributed by atoms with Crippen LogP contribution >= 0.6 is 11.6 Å². The van der Waals surface area contributed by atoms with Crippen LogP contribution in [0.1, 0.15) is 43.1 Å². The highest BCUT2D eigenvalue weighted by Crippen LogP contribution is 2.24. The first-order valence-corrected chi connectivity index (χ1v) is 6.82. The number of halogens is 1. The van der Waals surface area contributed by atoms with Crippen LogP contribution in [0.25, 0.3) is 0 Å². The summed E-state index contributed by atoms with van der Waals surface area (Å²) >= 11 is 6.15. The summed E-state index contributed by atoms with van der Waals surface area (Å²) < 4.78 is 0. The van der Waals surface area contributed by atoms with Crippen LogP contribution in [0.5, 0.6) is 0 Å². The lowest BCUT2D eigenvalue weighted by Gasteiger charge is -2.31. The molecule has 0 aromatic heterocycles. The summed E-state index contributed by atoms with van der Waals surface area (Å²) in [7, 11) is 0. The average molecular weight is 284 g/mol. The molecule has 0 heterocycles. The fourth-order valence-corrected chi connectivity index (χ4v) is 2.12. The molecule has 1 amide bonds. The SMILES string of the molecule is Cc1cccc(C(=O)NC(CCO)C(C)(C)C)c1Cl. The number of rotatable bonds is 4. The van der Waals surface area contributed by atoms with Gasteiger partial charge in [0, 0.05) is 12.6 Å². The van der Waals surface area contributed by atoms with Gasteiger partial charge in [-0.1, -0.05) is 44.5 Å². The van der Waals surface area contributed by atoms with Crippen LogP contribution in [-0.4, -0.2) is 23.7 Å². The van der Waals surface area contributed by atoms with Crippen LogP contribution < -0.4 is 5.32 Å². The van der Waals surface area contributed by atoms with E-state index in [9.17, 15) is 4.79 Å². The van der Waals surface area contributed by atoms with Crippen LogP contribution in [0.2, 0.25) is 5.02 Å². The zero-order valence-corrected chi connectivity index (χ0v) is 12.7. The van der Waals surface area contributed by atoms with E-state index in [1.807, 2.05) is 39.8 Å². The Hall–Kier alpha value is -1.06. The van der Waals surface area contributed by atoms with E-state index in [1.54, 1.807) is 6.07 Å². The first-order chi connectivity index (χ1) is 8.77. The van der Waals surface area contributed by atoms with Gasteiger partial charge in [0.2, 0.25) is 0 Å². The van der Waals surface area contributed by atoms with Gasteiger partial charge in [0.1, 0.15) is 0 Å². The van der Waals surface area contributed by atoms with E-state index in [-0.39, 0.29) is 24.0 Å². The molecule has 1 rings (SSSR count). The summed E-state index contributed by atoms with van der Waals surface area (Å²) in [5.74, 6) is -0.193. The van der Waals surface area contributed by atoms with Crippen LogP contribution in [0.4, 0.5) is 0 Å². The van der Waals surface area contributed by atoms with E-state index in [0.29, 0.717) is 17.0 Å². The van der Waals surface area contributed by atoms with Gasteiger partial charge in [0.25, 0.3) is 5.91 Å². The number of carbonyl (C=O) groups excluding carboxylic acids is 1. The van der Waals surface area contributed by atoms with Crippen molar-refractivity contribution < 1.29 is 9.90 Å². The third-order valence-electron chi connectivity index (χ3n) is 3.20. The second-order valence-electron chi connectivity index (χ2n) is 5.84. The van der Waals surface area contributed by atoms with E-state index < -0.39 is 0 Å². The summed E-state index contributed by atoms with van der Waals surface area (Å²) in [6, 6.07) is 5.30. The standard InChI is InChI=1S/C15H22ClNO2/c1-10-6-5-7-11(13(10)16)14(19)17-12(8-9-18)15(2,3)4/h5-7,12,18H,8-9H2,1-4H3,(H,17,19). The van der Waals surface area contributed by atoms with Gasteiger partial charge in [-0.25, -0.2) is 0 Å². The second-order valence-corrected chi connectivity index (χ2v) is 6.22. The molecule has 0 spiro atoms. The first kappa shape index (κ1) is 16.0. The van der Waals surface area contributed by atoms with Crippen molar-refractivity contribution in [2.24, 2.45) is 5.41 Å². The van der Waals surface area contributed by atoms with E-state index in [4.69, 9.17) is 16.7 Å². The number of benzene rings is 1. The molecule has 0 aliphatic rings. The van der Waals surface area contributed by atoms with Crippen molar-refractivity contribution >= 4 is 17.5 Å². The molecule has 0 saturated heterocycles. The predicted molar refractivity (Wildman–Crippen MR) is 78.6 cm³/mol. The molecule has 0 aliphatic heterocycles. The maximum absolute atomic E-state index is 12.3. The number of nitrogens with one attached hydrogen (secondary N) is 1. The predicted octanol–water partition coefficient (Wildman–Crippen LogP) is 3.18. The van der Waals surface area contributed by atoms with E-state index in [2.05, 4.69) is 5.32 Å². The Morgan fingerprint density at radius 2 is 2.05 bits per heavy atom. The number of aliphatic hydroxyl groups is 1. The zero-order valence-electron chi connectivity index (χ0n) is 12.0. The van der Waals surface area contributed by atoms with Crippen molar-refractivity contribution in [3.63, 3.8) is 0 Å². The smallest absolute Gasteiger partial charge is 0.253 e. The molecule has 0 bridgehead atoms. The van der Waals surface area contributed by atoms with Gasteiger partial charge in [0.05, 0.1) is 10.6 Å². The van der Waals surface area contributed by atoms with Crippen LogP contribution in [0, 0.1) is 12.3 Å².